The molecule has 1 amide bonds. The van der Waals surface area contributed by atoms with Crippen molar-refractivity contribution in [3.63, 3.8) is 0 Å². The van der Waals surface area contributed by atoms with Crippen molar-refractivity contribution in [3.8, 4) is 0 Å². The van der Waals surface area contributed by atoms with Crippen molar-refractivity contribution in [2.45, 2.75) is 45.8 Å². The van der Waals surface area contributed by atoms with Crippen LogP contribution in [-0.2, 0) is 9.59 Å². The number of carboxylic acids is 1. The molecule has 4 nitrogen and oxygen atoms in total. The number of carbonyl (C=O) groups is 2. The number of hydrogen-bond acceptors (Lipinski definition) is 2. The summed E-state index contributed by atoms with van der Waals surface area (Å²) < 4.78 is 37.4. The van der Waals surface area contributed by atoms with Crippen LogP contribution < -0.4 is 5.32 Å². The van der Waals surface area contributed by atoms with Gasteiger partial charge in [0, 0.05) is 12.5 Å². The normalized spacial score (nSPS) is 14.2. The van der Waals surface area contributed by atoms with E-state index in [9.17, 15) is 22.8 Å². The molecule has 0 aliphatic rings. The molecule has 2 N–H and O–H groups in total. The minimum absolute atomic E-state index is 0.321. The lowest BCUT2D eigenvalue weighted by atomic mass is 9.88. The van der Waals surface area contributed by atoms with Gasteiger partial charge in [-0.15, -0.1) is 0 Å². The van der Waals surface area contributed by atoms with E-state index in [2.05, 4.69) is 5.32 Å². The number of nitrogens with one attached hydrogen (secondary N) is 1. The highest BCUT2D eigenvalue weighted by Crippen LogP contribution is 2.40. The molecule has 0 saturated heterocycles. The summed E-state index contributed by atoms with van der Waals surface area (Å²) in [6.45, 7) is 3.27. The minimum atomic E-state index is -4.47. The Hall–Kier alpha value is -1.27. The van der Waals surface area contributed by atoms with Crippen LogP contribution in [0.4, 0.5) is 13.2 Å². The topological polar surface area (TPSA) is 66.4 Å². The smallest absolute Gasteiger partial charge is 0.394 e. The molecule has 17 heavy (non-hydrogen) atoms. The van der Waals surface area contributed by atoms with E-state index in [1.807, 2.05) is 0 Å². The first kappa shape index (κ1) is 15.7. The predicted octanol–water partition coefficient (Wildman–Crippen LogP) is 1.94. The van der Waals surface area contributed by atoms with Crippen LogP contribution in [0.5, 0.6) is 0 Å². The molecule has 0 aliphatic heterocycles. The third-order valence-corrected chi connectivity index (χ3v) is 2.26. The van der Waals surface area contributed by atoms with Gasteiger partial charge in [-0.2, -0.15) is 13.2 Å². The maximum absolute atomic E-state index is 12.5. The third kappa shape index (κ3) is 5.55. The largest absolute Gasteiger partial charge is 0.481 e. The molecule has 0 radical (unpaired) electrons. The second-order valence-corrected chi connectivity index (χ2v) is 4.62. The van der Waals surface area contributed by atoms with Crippen LogP contribution in [0.25, 0.3) is 0 Å². The molecule has 1 atom stereocenters. The molecule has 1 unspecified atom stereocenters. The molecule has 0 saturated carbocycles. The Bertz CT molecular complexity index is 300. The highest BCUT2D eigenvalue weighted by molar-refractivity contribution is 5.78. The van der Waals surface area contributed by atoms with Crippen molar-refractivity contribution >= 4 is 11.9 Å². The Labute approximate surface area is 97.2 Å². The van der Waals surface area contributed by atoms with Crippen molar-refractivity contribution in [3.05, 3.63) is 0 Å². The van der Waals surface area contributed by atoms with Gasteiger partial charge in [-0.1, -0.05) is 13.8 Å². The van der Waals surface area contributed by atoms with Crippen molar-refractivity contribution in [2.24, 2.45) is 5.41 Å². The van der Waals surface area contributed by atoms with E-state index in [0.717, 1.165) is 13.8 Å². The van der Waals surface area contributed by atoms with Gasteiger partial charge >= 0.3 is 12.1 Å². The Morgan fingerprint density at radius 3 is 2.12 bits per heavy atom. The lowest BCUT2D eigenvalue weighted by Gasteiger charge is -2.27. The monoisotopic (exact) mass is 255 g/mol. The van der Waals surface area contributed by atoms with Crippen LogP contribution in [0, 0.1) is 5.41 Å². The Balaban J connectivity index is 4.32. The maximum atomic E-state index is 12.5. The first-order valence-electron chi connectivity index (χ1n) is 5.03. The third-order valence-electron chi connectivity index (χ3n) is 2.26. The maximum Gasteiger partial charge on any atom is 0.394 e. The fourth-order valence-corrected chi connectivity index (χ4v) is 1.14. The van der Waals surface area contributed by atoms with Crippen LogP contribution in [0.2, 0.25) is 0 Å². The van der Waals surface area contributed by atoms with E-state index in [4.69, 9.17) is 5.11 Å². The number of aliphatic carboxylic acids is 1. The summed E-state index contributed by atoms with van der Waals surface area (Å²) in [6, 6.07) is -0.691. The molecular weight excluding hydrogens is 239 g/mol. The zero-order valence-corrected chi connectivity index (χ0v) is 9.89. The summed E-state index contributed by atoms with van der Waals surface area (Å²) in [5.74, 6) is -1.92. The second-order valence-electron chi connectivity index (χ2n) is 4.62. The average molecular weight is 255 g/mol. The van der Waals surface area contributed by atoms with E-state index in [-0.39, 0.29) is 6.42 Å². The van der Waals surface area contributed by atoms with Crippen molar-refractivity contribution in [1.29, 1.82) is 0 Å². The van der Waals surface area contributed by atoms with Crippen LogP contribution in [0.3, 0.4) is 0 Å². The number of carboxylic acid groups (broad SMARTS) is 1. The van der Waals surface area contributed by atoms with E-state index < -0.39 is 35.9 Å². The van der Waals surface area contributed by atoms with Gasteiger partial charge in [0.1, 0.15) is 0 Å². The predicted molar refractivity (Wildman–Crippen MR) is 54.3 cm³/mol. The number of alkyl halides is 3. The van der Waals surface area contributed by atoms with Gasteiger partial charge < -0.3 is 10.4 Å². The van der Waals surface area contributed by atoms with E-state index >= 15 is 0 Å². The standard InChI is InChI=1S/C10H16F3NO3/c1-6(4-8(16)17)14-7(15)5-9(2,3)10(11,12)13/h6H,4-5H2,1-3H3,(H,14,15)(H,16,17). The van der Waals surface area contributed by atoms with Gasteiger partial charge in [0.05, 0.1) is 11.8 Å². The van der Waals surface area contributed by atoms with Crippen LogP contribution in [-0.4, -0.2) is 29.2 Å². The van der Waals surface area contributed by atoms with Gasteiger partial charge in [0.2, 0.25) is 5.91 Å². The van der Waals surface area contributed by atoms with Crippen LogP contribution in [0.15, 0.2) is 0 Å². The molecule has 100 valence electrons. The molecular formula is C10H16F3NO3. The Morgan fingerprint density at radius 1 is 1.29 bits per heavy atom. The molecule has 0 bridgehead atoms. The lowest BCUT2D eigenvalue weighted by Crippen LogP contribution is -2.41. The van der Waals surface area contributed by atoms with Gasteiger partial charge in [-0.25, -0.2) is 0 Å². The quantitative estimate of drug-likeness (QED) is 0.789. The zero-order chi connectivity index (χ0) is 13.9. The number of rotatable bonds is 5. The molecule has 0 heterocycles. The molecule has 0 aliphatic carbocycles. The fourth-order valence-electron chi connectivity index (χ4n) is 1.14. The highest BCUT2D eigenvalue weighted by Gasteiger charge is 2.48. The van der Waals surface area contributed by atoms with Crippen LogP contribution in [0.1, 0.15) is 33.6 Å². The molecule has 0 aromatic rings. The first-order valence-corrected chi connectivity index (χ1v) is 5.03. The van der Waals surface area contributed by atoms with Gasteiger partial charge in [0.15, 0.2) is 0 Å². The van der Waals surface area contributed by atoms with E-state index in [1.54, 1.807) is 0 Å². The Morgan fingerprint density at radius 2 is 1.76 bits per heavy atom. The summed E-state index contributed by atoms with van der Waals surface area (Å²) in [4.78, 5) is 21.6. The van der Waals surface area contributed by atoms with Gasteiger partial charge in [-0.05, 0) is 6.92 Å². The van der Waals surface area contributed by atoms with Gasteiger partial charge in [0.25, 0.3) is 0 Å². The lowest BCUT2D eigenvalue weighted by molar-refractivity contribution is -0.213. The Kier molecular flexibility index (Phi) is 4.97. The van der Waals surface area contributed by atoms with Gasteiger partial charge in [-0.3, -0.25) is 9.59 Å². The molecule has 0 rings (SSSR count). The molecule has 0 fully saturated rings. The summed E-state index contributed by atoms with van der Waals surface area (Å²) in [6.07, 6.45) is -5.51. The molecule has 0 aromatic carbocycles. The molecule has 0 aromatic heterocycles. The van der Waals surface area contributed by atoms with Crippen molar-refractivity contribution in [2.75, 3.05) is 0 Å². The summed E-state index contributed by atoms with van der Waals surface area (Å²) in [7, 11) is 0. The summed E-state index contributed by atoms with van der Waals surface area (Å²) in [5.41, 5.74) is -2.12. The number of halogens is 3. The summed E-state index contributed by atoms with van der Waals surface area (Å²) in [5, 5.41) is 10.6. The average Bonchev–Trinajstić information content (AvgIpc) is 1.96. The fraction of sp³-hybridized carbons (Fsp3) is 0.800. The second kappa shape index (κ2) is 5.37. The van der Waals surface area contributed by atoms with Crippen molar-refractivity contribution < 1.29 is 27.9 Å². The highest BCUT2D eigenvalue weighted by atomic mass is 19.4. The molecule has 7 heteroatoms. The van der Waals surface area contributed by atoms with E-state index in [1.165, 1.54) is 6.92 Å². The van der Waals surface area contributed by atoms with Crippen molar-refractivity contribution in [1.82, 2.24) is 5.32 Å². The number of amides is 1. The van der Waals surface area contributed by atoms with E-state index in [0.29, 0.717) is 0 Å². The minimum Gasteiger partial charge on any atom is -0.481 e. The van der Waals surface area contributed by atoms with Crippen LogP contribution >= 0.6 is 0 Å². The SMILES string of the molecule is CC(CC(=O)O)NC(=O)CC(C)(C)C(F)(F)F. The first-order chi connectivity index (χ1) is 7.45. The number of carbonyl (C=O) groups excluding carboxylic acids is 1. The zero-order valence-electron chi connectivity index (χ0n) is 9.89. The summed E-state index contributed by atoms with van der Waals surface area (Å²) >= 11 is 0. The number of hydrogen-bond donors (Lipinski definition) is 2. The molecule has 0 spiro atoms.